The number of benzene rings is 1. The van der Waals surface area contributed by atoms with Gasteiger partial charge in [-0.2, -0.15) is 0 Å². The lowest BCUT2D eigenvalue weighted by molar-refractivity contribution is 0.317. The normalized spacial score (nSPS) is 16.8. The molecule has 0 aliphatic carbocycles. The van der Waals surface area contributed by atoms with E-state index < -0.39 is 0 Å². The number of ether oxygens (including phenoxy) is 1. The zero-order valence-electron chi connectivity index (χ0n) is 19.4. The number of methoxy groups -OCH3 is 1. The molecule has 0 bridgehead atoms. The van der Waals surface area contributed by atoms with Crippen LogP contribution in [0.1, 0.15) is 32.3 Å². The summed E-state index contributed by atoms with van der Waals surface area (Å²) in [6.07, 6.45) is 2.25. The Hall–Kier alpha value is -2.67. The molecule has 0 spiro atoms. The van der Waals surface area contributed by atoms with Gasteiger partial charge in [-0.15, -0.1) is 0 Å². The van der Waals surface area contributed by atoms with Crippen LogP contribution in [0.4, 0.5) is 5.82 Å². The summed E-state index contributed by atoms with van der Waals surface area (Å²) in [5.74, 6) is 2.51. The molecular formula is C24H31ClN4O3. The number of fused-ring (bicyclic) bond motifs is 1. The Morgan fingerprint density at radius 2 is 1.84 bits per heavy atom. The van der Waals surface area contributed by atoms with Crippen LogP contribution in [0.15, 0.2) is 33.9 Å². The van der Waals surface area contributed by atoms with Crippen molar-refractivity contribution in [2.24, 2.45) is 25.9 Å². The van der Waals surface area contributed by atoms with E-state index in [9.17, 15) is 9.59 Å². The first kappa shape index (κ1) is 22.5. The van der Waals surface area contributed by atoms with Gasteiger partial charge in [-0.3, -0.25) is 13.9 Å². The Morgan fingerprint density at radius 3 is 2.50 bits per heavy atom. The average Bonchev–Trinajstić information content (AvgIpc) is 3.11. The second-order valence-electron chi connectivity index (χ2n) is 9.03. The maximum atomic E-state index is 13.4. The second-order valence-corrected chi connectivity index (χ2v) is 9.44. The van der Waals surface area contributed by atoms with Gasteiger partial charge >= 0.3 is 5.69 Å². The molecule has 1 saturated heterocycles. The molecule has 1 aliphatic rings. The maximum Gasteiger partial charge on any atom is 0.331 e. The SMILES string of the molecule is COc1c(N2CCCC(C(C)C)C2)n(Cc2ccccc2Cl)c2c(=O)n(C)c(=O)n(C)c12. The van der Waals surface area contributed by atoms with Gasteiger partial charge in [0.05, 0.1) is 13.7 Å². The van der Waals surface area contributed by atoms with Gasteiger partial charge in [0, 0.05) is 32.2 Å². The van der Waals surface area contributed by atoms with Gasteiger partial charge in [-0.05, 0) is 36.3 Å². The molecule has 2 aromatic heterocycles. The largest absolute Gasteiger partial charge is 0.491 e. The highest BCUT2D eigenvalue weighted by Gasteiger charge is 2.31. The van der Waals surface area contributed by atoms with E-state index in [1.165, 1.54) is 18.0 Å². The molecule has 172 valence electrons. The molecule has 1 aliphatic heterocycles. The molecule has 3 heterocycles. The third-order valence-electron chi connectivity index (χ3n) is 6.78. The Kier molecular flexibility index (Phi) is 6.12. The molecule has 7 nitrogen and oxygen atoms in total. The second kappa shape index (κ2) is 8.70. The minimum Gasteiger partial charge on any atom is -0.491 e. The van der Waals surface area contributed by atoms with Crippen molar-refractivity contribution in [1.29, 1.82) is 0 Å². The van der Waals surface area contributed by atoms with E-state index in [2.05, 4.69) is 18.7 Å². The van der Waals surface area contributed by atoms with Crippen molar-refractivity contribution < 1.29 is 4.74 Å². The molecule has 4 rings (SSSR count). The predicted molar refractivity (Wildman–Crippen MR) is 129 cm³/mol. The van der Waals surface area contributed by atoms with Crippen LogP contribution in [0.25, 0.3) is 11.0 Å². The van der Waals surface area contributed by atoms with E-state index in [1.54, 1.807) is 14.2 Å². The van der Waals surface area contributed by atoms with Crippen LogP contribution in [-0.4, -0.2) is 33.9 Å². The molecule has 0 N–H and O–H groups in total. The first-order chi connectivity index (χ1) is 15.3. The number of rotatable bonds is 5. The van der Waals surface area contributed by atoms with Crippen LogP contribution in [0.2, 0.25) is 5.02 Å². The zero-order chi connectivity index (χ0) is 23.2. The third-order valence-corrected chi connectivity index (χ3v) is 7.14. The number of piperidine rings is 1. The summed E-state index contributed by atoms with van der Waals surface area (Å²) in [6.45, 7) is 6.66. The lowest BCUT2D eigenvalue weighted by Crippen LogP contribution is -2.39. The van der Waals surface area contributed by atoms with Gasteiger partial charge in [0.25, 0.3) is 5.56 Å². The molecule has 0 saturated carbocycles. The Labute approximate surface area is 192 Å². The number of aromatic nitrogens is 3. The molecule has 1 atom stereocenters. The van der Waals surface area contributed by atoms with Crippen LogP contribution in [0, 0.1) is 11.8 Å². The standard InChI is InChI=1S/C24H31ClN4O3/c1-15(2)16-10-8-12-28(13-16)22-21(32-5)19-20(23(30)27(4)24(31)26(19)3)29(22)14-17-9-6-7-11-18(17)25/h6-7,9,11,15-16H,8,10,12-14H2,1-5H3. The summed E-state index contributed by atoms with van der Waals surface area (Å²) in [4.78, 5) is 28.4. The molecular weight excluding hydrogens is 428 g/mol. The molecule has 0 radical (unpaired) electrons. The maximum absolute atomic E-state index is 13.4. The molecule has 1 aromatic carbocycles. The number of nitrogens with zero attached hydrogens (tertiary/aromatic N) is 4. The summed E-state index contributed by atoms with van der Waals surface area (Å²) >= 11 is 6.50. The zero-order valence-corrected chi connectivity index (χ0v) is 20.1. The summed E-state index contributed by atoms with van der Waals surface area (Å²) in [6, 6.07) is 7.64. The number of anilines is 1. The quantitative estimate of drug-likeness (QED) is 0.585. The number of hydrogen-bond donors (Lipinski definition) is 0. The van der Waals surface area contributed by atoms with Crippen LogP contribution >= 0.6 is 11.6 Å². The van der Waals surface area contributed by atoms with Crippen molar-refractivity contribution in [2.75, 3.05) is 25.1 Å². The van der Waals surface area contributed by atoms with E-state index in [0.29, 0.717) is 40.2 Å². The fourth-order valence-electron chi connectivity index (χ4n) is 4.86. The number of halogens is 1. The van der Waals surface area contributed by atoms with Gasteiger partial charge < -0.3 is 14.2 Å². The first-order valence-electron chi connectivity index (χ1n) is 11.1. The average molecular weight is 459 g/mol. The van der Waals surface area contributed by atoms with E-state index in [4.69, 9.17) is 16.3 Å². The van der Waals surface area contributed by atoms with Crippen molar-refractivity contribution in [3.05, 3.63) is 55.7 Å². The molecule has 32 heavy (non-hydrogen) atoms. The van der Waals surface area contributed by atoms with E-state index in [1.807, 2.05) is 28.8 Å². The van der Waals surface area contributed by atoms with Gasteiger partial charge in [0.2, 0.25) is 0 Å². The molecule has 8 heteroatoms. The highest BCUT2D eigenvalue weighted by Crippen LogP contribution is 2.41. The van der Waals surface area contributed by atoms with Crippen molar-refractivity contribution in [3.8, 4) is 5.75 Å². The van der Waals surface area contributed by atoms with Crippen molar-refractivity contribution in [2.45, 2.75) is 33.2 Å². The lowest BCUT2D eigenvalue weighted by atomic mass is 9.88. The van der Waals surface area contributed by atoms with Crippen molar-refractivity contribution in [3.63, 3.8) is 0 Å². The summed E-state index contributed by atoms with van der Waals surface area (Å²) < 4.78 is 10.5. The highest BCUT2D eigenvalue weighted by molar-refractivity contribution is 6.31. The predicted octanol–water partition coefficient (Wildman–Crippen LogP) is 3.62. The monoisotopic (exact) mass is 458 g/mol. The topological polar surface area (TPSA) is 61.4 Å². The van der Waals surface area contributed by atoms with Crippen LogP contribution in [0.5, 0.6) is 5.75 Å². The van der Waals surface area contributed by atoms with Crippen molar-refractivity contribution in [1.82, 2.24) is 13.7 Å². The minimum absolute atomic E-state index is 0.336. The van der Waals surface area contributed by atoms with Gasteiger partial charge in [-0.25, -0.2) is 4.79 Å². The third kappa shape index (κ3) is 3.62. The molecule has 0 amide bonds. The van der Waals surface area contributed by atoms with Gasteiger partial charge in [0.15, 0.2) is 11.6 Å². The Balaban J connectivity index is 2.04. The Morgan fingerprint density at radius 1 is 1.12 bits per heavy atom. The van der Waals surface area contributed by atoms with Crippen LogP contribution in [-0.2, 0) is 20.6 Å². The Bertz CT molecular complexity index is 1270. The molecule has 1 unspecified atom stereocenters. The van der Waals surface area contributed by atoms with E-state index in [-0.39, 0.29) is 11.2 Å². The number of hydrogen-bond acceptors (Lipinski definition) is 4. The molecule has 3 aromatic rings. The fraction of sp³-hybridized carbons (Fsp3) is 0.500. The lowest BCUT2D eigenvalue weighted by Gasteiger charge is -2.37. The smallest absolute Gasteiger partial charge is 0.331 e. The number of aryl methyl sites for hydroxylation is 1. The van der Waals surface area contributed by atoms with Gasteiger partial charge in [-0.1, -0.05) is 43.6 Å². The summed E-state index contributed by atoms with van der Waals surface area (Å²) in [5, 5.41) is 0.639. The summed E-state index contributed by atoms with van der Waals surface area (Å²) in [5.41, 5.74) is 1.17. The highest BCUT2D eigenvalue weighted by atomic mass is 35.5. The van der Waals surface area contributed by atoms with E-state index in [0.717, 1.165) is 35.5 Å². The van der Waals surface area contributed by atoms with Crippen LogP contribution in [0.3, 0.4) is 0 Å². The fourth-order valence-corrected chi connectivity index (χ4v) is 5.06. The summed E-state index contributed by atoms with van der Waals surface area (Å²) in [7, 11) is 4.80. The van der Waals surface area contributed by atoms with Gasteiger partial charge in [0.1, 0.15) is 11.0 Å². The van der Waals surface area contributed by atoms with E-state index >= 15 is 0 Å². The minimum atomic E-state index is -0.374. The molecule has 1 fully saturated rings. The van der Waals surface area contributed by atoms with Crippen molar-refractivity contribution >= 4 is 28.5 Å². The first-order valence-corrected chi connectivity index (χ1v) is 11.5. The van der Waals surface area contributed by atoms with Crippen LogP contribution < -0.4 is 20.9 Å².